The number of methoxy groups -OCH3 is 1. The molecule has 0 bridgehead atoms. The fraction of sp³-hybridized carbons (Fsp3) is 0.396. The Morgan fingerprint density at radius 3 is 1.95 bits per heavy atom. The highest BCUT2D eigenvalue weighted by Gasteiger charge is 2.52. The van der Waals surface area contributed by atoms with Crippen LogP contribution in [0, 0.1) is 5.92 Å². The van der Waals surface area contributed by atoms with Gasteiger partial charge >= 0.3 is 6.09 Å². The predicted octanol–water partition coefficient (Wildman–Crippen LogP) is 6.59. The third-order valence-corrected chi connectivity index (χ3v) is 12.3. The lowest BCUT2D eigenvalue weighted by Gasteiger charge is -2.45. The number of hydrogen-bond donors (Lipinski definition) is 2. The lowest BCUT2D eigenvalue weighted by Crippen LogP contribution is -2.61. The summed E-state index contributed by atoms with van der Waals surface area (Å²) in [5.41, 5.74) is 3.30. The van der Waals surface area contributed by atoms with Crippen molar-refractivity contribution in [3.05, 3.63) is 154 Å². The molecule has 0 aromatic heterocycles. The molecule has 2 amide bonds. The molecule has 328 valence electrons. The minimum absolute atomic E-state index is 0.0417. The van der Waals surface area contributed by atoms with Crippen molar-refractivity contribution >= 4 is 33.7 Å². The molecule has 62 heavy (non-hydrogen) atoms. The van der Waals surface area contributed by atoms with E-state index in [0.29, 0.717) is 0 Å². The molecule has 3 aliphatic rings. The number of imide groups is 1. The molecule has 13 nitrogen and oxygen atoms in total. The molecule has 0 radical (unpaired) electrons. The van der Waals surface area contributed by atoms with E-state index in [1.165, 1.54) is 13.2 Å². The molecule has 10 atom stereocenters. The van der Waals surface area contributed by atoms with Gasteiger partial charge in [0, 0.05) is 20.1 Å². The Balaban J connectivity index is 1.08. The molecular formula is C48H52BrNO12. The standard InChI is InChI=1S/C48H52BrNO12/c1-31-40(35-22-13-6-14-23-35)61-47(54)50(31)45(53)36(26-32-16-7-3-8-17-32)41-37(52)27-39(49)48(55,62-41)24-15-25-57-44-43(59-30-34-20-11-5-12-21-34)42(38(28-51)60-46(44)56-2)58-29-33-18-9-4-10-19-33/h3-14,16-23,27,31,36,38,40-44,46,51,55H,15,24-26,28-30H2,1-2H3. The molecule has 4 aromatic carbocycles. The van der Waals surface area contributed by atoms with Crippen LogP contribution in [0.5, 0.6) is 0 Å². The fourth-order valence-electron chi connectivity index (χ4n) is 8.17. The Morgan fingerprint density at radius 2 is 1.37 bits per heavy atom. The Hall–Kier alpha value is -4.61. The van der Waals surface area contributed by atoms with Gasteiger partial charge in [0.25, 0.3) is 0 Å². The van der Waals surface area contributed by atoms with Gasteiger partial charge in [-0.1, -0.05) is 121 Å². The van der Waals surface area contributed by atoms with E-state index in [-0.39, 0.29) is 50.2 Å². The Morgan fingerprint density at radius 1 is 0.806 bits per heavy atom. The molecule has 0 saturated carbocycles. The summed E-state index contributed by atoms with van der Waals surface area (Å²) in [4.78, 5) is 42.8. The average Bonchev–Trinajstić information content (AvgIpc) is 3.60. The number of cyclic esters (lactones) is 1. The van der Waals surface area contributed by atoms with Crippen molar-refractivity contribution in [3.63, 3.8) is 0 Å². The van der Waals surface area contributed by atoms with E-state index in [0.717, 1.165) is 27.2 Å². The minimum atomic E-state index is -2.04. The van der Waals surface area contributed by atoms with Gasteiger partial charge in [-0.2, -0.15) is 0 Å². The molecule has 10 unspecified atom stereocenters. The van der Waals surface area contributed by atoms with Crippen molar-refractivity contribution in [1.29, 1.82) is 0 Å². The number of carbonyl (C=O) groups excluding carboxylic acids is 3. The van der Waals surface area contributed by atoms with Gasteiger partial charge in [0.15, 0.2) is 17.9 Å². The zero-order chi connectivity index (χ0) is 43.6. The van der Waals surface area contributed by atoms with Crippen LogP contribution in [-0.4, -0.2) is 102 Å². The first-order valence-corrected chi connectivity index (χ1v) is 21.6. The van der Waals surface area contributed by atoms with Gasteiger partial charge in [-0.05, 0) is 64.0 Å². The quantitative estimate of drug-likeness (QED) is 0.103. The largest absolute Gasteiger partial charge is 0.439 e. The van der Waals surface area contributed by atoms with Crippen LogP contribution in [0.2, 0.25) is 0 Å². The number of nitrogens with zero attached hydrogens (tertiary/aromatic N) is 1. The van der Waals surface area contributed by atoms with Crippen molar-refractivity contribution < 1.29 is 57.8 Å². The van der Waals surface area contributed by atoms with Crippen LogP contribution in [0.1, 0.15) is 48.1 Å². The Kier molecular flexibility index (Phi) is 15.5. The zero-order valence-corrected chi connectivity index (χ0v) is 36.2. The smallest absolute Gasteiger partial charge is 0.417 e. The number of rotatable bonds is 18. The van der Waals surface area contributed by atoms with Crippen molar-refractivity contribution in [2.75, 3.05) is 20.3 Å². The van der Waals surface area contributed by atoms with Crippen molar-refractivity contribution in [1.82, 2.24) is 4.90 Å². The van der Waals surface area contributed by atoms with Crippen molar-refractivity contribution in [2.24, 2.45) is 5.92 Å². The van der Waals surface area contributed by atoms with Gasteiger partial charge in [-0.25, -0.2) is 9.69 Å². The first kappa shape index (κ1) is 45.4. The van der Waals surface area contributed by atoms with Crippen LogP contribution >= 0.6 is 15.9 Å². The number of hydrogen-bond acceptors (Lipinski definition) is 12. The molecule has 2 N–H and O–H groups in total. The Labute approximate surface area is 369 Å². The molecule has 3 heterocycles. The summed E-state index contributed by atoms with van der Waals surface area (Å²) in [6, 6.07) is 36.8. The summed E-state index contributed by atoms with van der Waals surface area (Å²) in [5, 5.41) is 22.5. The van der Waals surface area contributed by atoms with E-state index < -0.39 is 78.4 Å². The van der Waals surface area contributed by atoms with E-state index in [1.807, 2.05) is 121 Å². The number of carbonyl (C=O) groups is 3. The summed E-state index contributed by atoms with van der Waals surface area (Å²) >= 11 is 3.37. The molecule has 2 saturated heterocycles. The van der Waals surface area contributed by atoms with Crippen molar-refractivity contribution in [2.45, 2.75) is 94.1 Å². The van der Waals surface area contributed by atoms with E-state index in [9.17, 15) is 24.6 Å². The number of halogens is 1. The summed E-state index contributed by atoms with van der Waals surface area (Å²) in [7, 11) is 1.48. The predicted molar refractivity (Wildman–Crippen MR) is 229 cm³/mol. The second kappa shape index (κ2) is 21.2. The second-order valence-corrected chi connectivity index (χ2v) is 16.5. The average molecular weight is 915 g/mol. The normalized spacial score (nSPS) is 28.0. The van der Waals surface area contributed by atoms with Crippen LogP contribution < -0.4 is 0 Å². The number of ether oxygens (including phenoxy) is 7. The van der Waals surface area contributed by atoms with E-state index in [1.54, 1.807) is 6.92 Å². The molecule has 14 heteroatoms. The van der Waals surface area contributed by atoms with Crippen LogP contribution in [0.25, 0.3) is 0 Å². The Bertz CT molecular complexity index is 2110. The van der Waals surface area contributed by atoms with Crippen molar-refractivity contribution in [3.8, 4) is 0 Å². The van der Waals surface area contributed by atoms with Crippen LogP contribution in [-0.2, 0) is 62.4 Å². The van der Waals surface area contributed by atoms with E-state index >= 15 is 0 Å². The van der Waals surface area contributed by atoms with Gasteiger partial charge in [-0.3, -0.25) is 9.59 Å². The lowest BCUT2D eigenvalue weighted by atomic mass is 9.87. The van der Waals surface area contributed by atoms with Gasteiger partial charge in [0.05, 0.1) is 36.3 Å². The first-order chi connectivity index (χ1) is 30.1. The highest BCUT2D eigenvalue weighted by Crippen LogP contribution is 2.40. The zero-order valence-electron chi connectivity index (χ0n) is 34.6. The maximum absolute atomic E-state index is 14.6. The molecule has 4 aromatic rings. The van der Waals surface area contributed by atoms with Gasteiger partial charge in [-0.15, -0.1) is 0 Å². The lowest BCUT2D eigenvalue weighted by molar-refractivity contribution is -0.320. The number of aliphatic hydroxyl groups is 2. The number of aliphatic hydroxyl groups excluding tert-OH is 1. The van der Waals surface area contributed by atoms with Gasteiger partial charge in [0.2, 0.25) is 5.91 Å². The van der Waals surface area contributed by atoms with Gasteiger partial charge in [0.1, 0.15) is 36.6 Å². The van der Waals surface area contributed by atoms with Crippen LogP contribution in [0.3, 0.4) is 0 Å². The highest BCUT2D eigenvalue weighted by atomic mass is 79.9. The third kappa shape index (κ3) is 10.6. The van der Waals surface area contributed by atoms with Crippen LogP contribution in [0.15, 0.2) is 132 Å². The monoisotopic (exact) mass is 913 g/mol. The minimum Gasteiger partial charge on any atom is -0.439 e. The molecule has 2 fully saturated rings. The molecule has 0 spiro atoms. The number of ketones is 1. The number of amides is 2. The summed E-state index contributed by atoms with van der Waals surface area (Å²) < 4.78 is 43.4. The van der Waals surface area contributed by atoms with Crippen LogP contribution in [0.4, 0.5) is 4.79 Å². The SMILES string of the molecule is COC1OC(CO)C(OCc2ccccc2)C(OCc2ccccc2)C1OCCCC1(O)OC(C(Cc2ccccc2)C(=O)N2C(=O)OC(c3ccccc3)C2C)C(=O)C=C1Br. The van der Waals surface area contributed by atoms with E-state index in [2.05, 4.69) is 15.9 Å². The maximum atomic E-state index is 14.6. The second-order valence-electron chi connectivity index (χ2n) is 15.6. The van der Waals surface area contributed by atoms with E-state index in [4.69, 9.17) is 33.2 Å². The molecular weight excluding hydrogens is 862 g/mol. The molecule has 0 aliphatic carbocycles. The maximum Gasteiger partial charge on any atom is 0.417 e. The molecule has 7 rings (SSSR count). The topological polar surface area (TPSA) is 160 Å². The molecule has 3 aliphatic heterocycles. The summed E-state index contributed by atoms with van der Waals surface area (Å²) in [6.45, 7) is 1.85. The summed E-state index contributed by atoms with van der Waals surface area (Å²) in [6.07, 6.45) is -5.68. The first-order valence-electron chi connectivity index (χ1n) is 20.8. The number of benzene rings is 4. The highest BCUT2D eigenvalue weighted by molar-refractivity contribution is 9.11. The summed E-state index contributed by atoms with van der Waals surface area (Å²) in [5.74, 6) is -4.45. The fourth-order valence-corrected chi connectivity index (χ4v) is 8.68. The third-order valence-electron chi connectivity index (χ3n) is 11.4. The van der Waals surface area contributed by atoms with Gasteiger partial charge < -0.3 is 43.4 Å².